The number of carboxylic acid groups (broad SMARTS) is 1. The van der Waals surface area contributed by atoms with Crippen LogP contribution < -0.4 is 36.9 Å². The third-order valence-corrected chi connectivity index (χ3v) is 15.5. The van der Waals surface area contributed by atoms with Crippen LogP contribution in [0.4, 0.5) is 10.1 Å². The van der Waals surface area contributed by atoms with Crippen molar-refractivity contribution in [1.29, 1.82) is 0 Å². The van der Waals surface area contributed by atoms with E-state index in [2.05, 4.69) is 41.9 Å². The van der Waals surface area contributed by atoms with Crippen molar-refractivity contribution >= 4 is 67.7 Å². The molecule has 3 heterocycles. The zero-order valence-corrected chi connectivity index (χ0v) is 49.6. The first-order valence-electron chi connectivity index (χ1n) is 27.7. The number of nitrogens with zero attached hydrogens (tertiary/aromatic N) is 7. The summed E-state index contributed by atoms with van der Waals surface area (Å²) >= 11 is 5.54. The molecule has 3 amide bonds. The SMILES string of the molecule is COc1ccc(S(=O)(=O)N(Cc2cn(CCOCCOCCOCCNC(=O)[C@H](CCCCNC(=S)Nc3ccc(-c4c5ccc(=O)cc-5oc5cc(O)ccc45)c(C(=O)O)c3)NC(=O)Cn3cc(CCCF)nn3)nn2)[C@@H](C(=O)NO)C(C)C)cc1. The first-order valence-corrected chi connectivity index (χ1v) is 29.6. The van der Waals surface area contributed by atoms with Crippen LogP contribution in [-0.2, 0) is 64.7 Å². The standard InChI is InChI=1S/C57H69FN12O15S2/c1-36(2)53(55(75)65-78)70(87(79,80)43-14-12-42(81-3)13-15-43)34-39-33-68(66-64-39)22-24-83-26-28-84-27-25-82-23-21-59-54(74)48(62-51(73)35-69-32-38(63-67-69)7-6-19-58)8-4-5-20-60-57(86)61-37-9-16-44(47(29-37)56(76)77)52-45-17-10-40(71)30-49(45)85-50-31-41(72)11-18-46(50)52/h9-18,29-33,36,48,53,71,78H,4-8,19-28,34-35H2,1-3H3,(H,59,74)(H,62,73)(H,65,75)(H,76,77)(H2,60,61,86)/t48-,53+/m0/s1. The predicted molar refractivity (Wildman–Crippen MR) is 317 cm³/mol. The monoisotopic (exact) mass is 1240 g/mol. The van der Waals surface area contributed by atoms with Gasteiger partial charge in [-0.3, -0.25) is 28.8 Å². The number of amides is 3. The highest BCUT2D eigenvalue weighted by Crippen LogP contribution is 2.42. The number of carbonyl (C=O) groups excluding carboxylic acids is 3. The fourth-order valence-corrected chi connectivity index (χ4v) is 11.2. The molecule has 2 aromatic heterocycles. The van der Waals surface area contributed by atoms with E-state index < -0.39 is 58.4 Å². The van der Waals surface area contributed by atoms with Crippen LogP contribution in [0.1, 0.15) is 61.3 Å². The van der Waals surface area contributed by atoms with Gasteiger partial charge in [-0.25, -0.2) is 28.1 Å². The molecule has 30 heteroatoms. The van der Waals surface area contributed by atoms with E-state index in [9.17, 15) is 52.2 Å². The summed E-state index contributed by atoms with van der Waals surface area (Å²) in [6.07, 6.45) is 4.92. The number of fused-ring (bicyclic) bond motifs is 2. The number of aromatic carboxylic acids is 1. The number of rotatable bonds is 35. The number of hydroxylamine groups is 1. The molecule has 0 bridgehead atoms. The van der Waals surface area contributed by atoms with Crippen LogP contribution in [0.5, 0.6) is 11.5 Å². The van der Waals surface area contributed by atoms with Gasteiger partial charge in [-0.15, -0.1) is 10.2 Å². The Morgan fingerprint density at radius 3 is 2.22 bits per heavy atom. The number of aromatic nitrogens is 6. The van der Waals surface area contributed by atoms with Gasteiger partial charge in [-0.05, 0) is 116 Å². The van der Waals surface area contributed by atoms with Gasteiger partial charge in [-0.1, -0.05) is 30.3 Å². The van der Waals surface area contributed by atoms with Crippen LogP contribution in [0.25, 0.3) is 33.4 Å². The molecule has 0 radical (unpaired) electrons. The summed E-state index contributed by atoms with van der Waals surface area (Å²) in [6, 6.07) is 16.9. The summed E-state index contributed by atoms with van der Waals surface area (Å²) in [7, 11) is -2.83. The van der Waals surface area contributed by atoms with E-state index in [1.54, 1.807) is 49.8 Å². The molecule has 1 aliphatic heterocycles. The number of alkyl halides is 1. The number of phenols is 1. The van der Waals surface area contributed by atoms with E-state index in [-0.39, 0.29) is 122 Å². The Morgan fingerprint density at radius 1 is 0.805 bits per heavy atom. The van der Waals surface area contributed by atoms with Crippen molar-refractivity contribution in [2.75, 3.05) is 71.8 Å². The second kappa shape index (κ2) is 32.3. The van der Waals surface area contributed by atoms with Gasteiger partial charge in [0.25, 0.3) is 5.91 Å². The number of ether oxygens (including phenoxy) is 4. The Labute approximate surface area is 504 Å². The number of methoxy groups -OCH3 is 1. The average molecular weight is 1250 g/mol. The van der Waals surface area contributed by atoms with E-state index in [0.29, 0.717) is 65.0 Å². The van der Waals surface area contributed by atoms with Crippen LogP contribution in [-0.4, -0.2) is 166 Å². The van der Waals surface area contributed by atoms with E-state index in [4.69, 9.17) is 35.6 Å². The molecule has 8 N–H and O–H groups in total. The largest absolute Gasteiger partial charge is 0.508 e. The molecular weight excluding hydrogens is 1180 g/mol. The van der Waals surface area contributed by atoms with Gasteiger partial charge in [0.15, 0.2) is 10.5 Å². The van der Waals surface area contributed by atoms with Crippen LogP contribution in [0.15, 0.2) is 105 Å². The minimum atomic E-state index is -4.28. The molecule has 0 saturated heterocycles. The van der Waals surface area contributed by atoms with E-state index in [0.717, 1.165) is 4.31 Å². The number of nitrogens with one attached hydrogen (secondary N) is 5. The maximum absolute atomic E-state index is 13.9. The predicted octanol–water partition coefficient (Wildman–Crippen LogP) is 4.29. The number of phenolic OH excluding ortho intramolecular Hbond substituents is 1. The fourth-order valence-electron chi connectivity index (χ4n) is 9.25. The lowest BCUT2D eigenvalue weighted by molar-refractivity contribution is -0.134. The number of hydrogen-bond acceptors (Lipinski definition) is 19. The zero-order valence-electron chi connectivity index (χ0n) is 48.0. The highest BCUT2D eigenvalue weighted by molar-refractivity contribution is 7.89. The maximum atomic E-state index is 13.9. The quantitative estimate of drug-likeness (QED) is 0.00903. The Morgan fingerprint density at radius 2 is 1.51 bits per heavy atom. The molecule has 0 unspecified atom stereocenters. The number of unbranched alkanes of at least 4 members (excludes halogenated alkanes) is 1. The second-order valence-electron chi connectivity index (χ2n) is 20.1. The number of benzene rings is 4. The normalized spacial score (nSPS) is 12.3. The molecule has 27 nitrogen and oxygen atoms in total. The number of aromatic hydroxyl groups is 1. The molecule has 1 aliphatic carbocycles. The molecule has 7 rings (SSSR count). The van der Waals surface area contributed by atoms with Crippen LogP contribution in [0.3, 0.4) is 0 Å². The number of carbonyl (C=O) groups is 4. The summed E-state index contributed by atoms with van der Waals surface area (Å²) < 4.78 is 72.2. The average Bonchev–Trinajstić information content (AvgIpc) is 1.29. The van der Waals surface area contributed by atoms with Crippen molar-refractivity contribution in [3.63, 3.8) is 0 Å². The molecule has 87 heavy (non-hydrogen) atoms. The van der Waals surface area contributed by atoms with Gasteiger partial charge in [0, 0.05) is 59.8 Å². The fraction of sp³-hybridized carbons (Fsp3) is 0.404. The van der Waals surface area contributed by atoms with Crippen molar-refractivity contribution in [2.24, 2.45) is 5.92 Å². The third kappa shape index (κ3) is 18.7. The van der Waals surface area contributed by atoms with Crippen LogP contribution in [0.2, 0.25) is 0 Å². The van der Waals surface area contributed by atoms with E-state index >= 15 is 0 Å². The summed E-state index contributed by atoms with van der Waals surface area (Å²) in [4.78, 5) is 64.3. The topological polar surface area (TPSA) is 355 Å². The summed E-state index contributed by atoms with van der Waals surface area (Å²) in [5.74, 6) is -3.03. The summed E-state index contributed by atoms with van der Waals surface area (Å²) in [6.45, 7) is 4.24. The number of halogens is 1. The Kier molecular flexibility index (Phi) is 24.5. The second-order valence-corrected chi connectivity index (χ2v) is 22.4. The number of carboxylic acids is 1. The zero-order chi connectivity index (χ0) is 62.5. The number of anilines is 1. The first-order chi connectivity index (χ1) is 41.9. The van der Waals surface area contributed by atoms with Gasteiger partial charge in [-0.2, -0.15) is 4.31 Å². The number of aryl methyl sites for hydroxylation is 1. The number of thiocarbonyl (C=S) groups is 1. The lowest BCUT2D eigenvalue weighted by atomic mass is 9.90. The molecule has 0 spiro atoms. The molecule has 0 saturated carbocycles. The van der Waals surface area contributed by atoms with Crippen molar-refractivity contribution in [3.8, 4) is 33.9 Å². The van der Waals surface area contributed by atoms with Crippen molar-refractivity contribution in [2.45, 2.75) is 82.6 Å². The summed E-state index contributed by atoms with van der Waals surface area (Å²) in [5, 5.41) is 58.5. The highest BCUT2D eigenvalue weighted by atomic mass is 32.2. The molecule has 5 aromatic rings. The minimum Gasteiger partial charge on any atom is -0.508 e. The lowest BCUT2D eigenvalue weighted by Gasteiger charge is -2.31. The van der Waals surface area contributed by atoms with Crippen molar-refractivity contribution in [3.05, 3.63) is 118 Å². The Balaban J connectivity index is 0.827. The third-order valence-electron chi connectivity index (χ3n) is 13.4. The van der Waals surface area contributed by atoms with Gasteiger partial charge in [0.2, 0.25) is 21.8 Å². The molecule has 2 aliphatic rings. The van der Waals surface area contributed by atoms with Crippen LogP contribution >= 0.6 is 12.2 Å². The lowest BCUT2D eigenvalue weighted by Crippen LogP contribution is -2.51. The van der Waals surface area contributed by atoms with E-state index in [1.807, 2.05) is 0 Å². The van der Waals surface area contributed by atoms with Crippen LogP contribution in [0, 0.1) is 5.92 Å². The molecule has 3 aromatic carbocycles. The first kappa shape index (κ1) is 66.0. The minimum absolute atomic E-state index is 0.0670. The van der Waals surface area contributed by atoms with Gasteiger partial charge < -0.3 is 54.8 Å². The smallest absolute Gasteiger partial charge is 0.336 e. The van der Waals surface area contributed by atoms with Gasteiger partial charge >= 0.3 is 5.97 Å². The molecule has 0 fully saturated rings. The highest BCUT2D eigenvalue weighted by Gasteiger charge is 2.39. The Hall–Kier alpha value is -8.52. The molecule has 2 atom stereocenters. The van der Waals surface area contributed by atoms with Gasteiger partial charge in [0.1, 0.15) is 41.5 Å². The number of sulfonamides is 1. The van der Waals surface area contributed by atoms with Crippen molar-refractivity contribution in [1.82, 2.24) is 55.7 Å². The van der Waals surface area contributed by atoms with E-state index in [1.165, 1.54) is 77.3 Å². The summed E-state index contributed by atoms with van der Waals surface area (Å²) in [5.41, 5.74) is 3.94. The number of hydrogen-bond donors (Lipinski definition) is 8. The molecule has 466 valence electrons. The van der Waals surface area contributed by atoms with Crippen molar-refractivity contribution < 1.29 is 70.8 Å². The maximum Gasteiger partial charge on any atom is 0.336 e. The Bertz CT molecular complexity index is 3600. The molecular formula is C57H69FN12O15S2. The van der Waals surface area contributed by atoms with Gasteiger partial charge in [0.05, 0.1) is 88.4 Å².